The molecule has 0 aliphatic heterocycles. The van der Waals surface area contributed by atoms with Crippen LogP contribution in [0.2, 0.25) is 5.02 Å². The first-order valence-electron chi connectivity index (χ1n) is 5.26. The highest BCUT2D eigenvalue weighted by atomic mass is 35.5. The van der Waals surface area contributed by atoms with Crippen LogP contribution in [0, 0.1) is 0 Å². The van der Waals surface area contributed by atoms with Crippen molar-refractivity contribution < 1.29 is 9.47 Å². The molecule has 1 rings (SSSR count). The zero-order chi connectivity index (χ0) is 12.0. The number of nitrogens with one attached hydrogen (secondary N) is 1. The van der Waals surface area contributed by atoms with Crippen LogP contribution < -0.4 is 10.1 Å². The molecular formula is C12H18ClNO2. The quantitative estimate of drug-likeness (QED) is 0.833. The maximum Gasteiger partial charge on any atom is 0.121 e. The molecule has 0 radical (unpaired) electrons. The molecule has 1 unspecified atom stereocenters. The first-order valence-corrected chi connectivity index (χ1v) is 5.64. The maximum atomic E-state index is 6.08. The number of halogens is 1. The second-order valence-corrected chi connectivity index (χ2v) is 4.08. The van der Waals surface area contributed by atoms with Crippen molar-refractivity contribution in [1.82, 2.24) is 0 Å². The summed E-state index contributed by atoms with van der Waals surface area (Å²) in [5.74, 6) is 0.797. The smallest absolute Gasteiger partial charge is 0.121 e. The van der Waals surface area contributed by atoms with Gasteiger partial charge < -0.3 is 14.8 Å². The van der Waals surface area contributed by atoms with E-state index in [1.165, 1.54) is 0 Å². The summed E-state index contributed by atoms with van der Waals surface area (Å²) in [7, 11) is 3.34. The highest BCUT2D eigenvalue weighted by molar-refractivity contribution is 6.33. The van der Waals surface area contributed by atoms with E-state index in [-0.39, 0.29) is 0 Å². The van der Waals surface area contributed by atoms with Crippen molar-refractivity contribution >= 4 is 17.3 Å². The average molecular weight is 244 g/mol. The monoisotopic (exact) mass is 243 g/mol. The number of rotatable bonds is 6. The van der Waals surface area contributed by atoms with Crippen LogP contribution in [-0.2, 0) is 4.74 Å². The molecule has 1 N–H and O–H groups in total. The third kappa shape index (κ3) is 3.91. The van der Waals surface area contributed by atoms with Crippen molar-refractivity contribution in [2.45, 2.75) is 19.4 Å². The summed E-state index contributed by atoms with van der Waals surface area (Å²) in [6, 6.07) is 5.87. The van der Waals surface area contributed by atoms with E-state index >= 15 is 0 Å². The zero-order valence-corrected chi connectivity index (χ0v) is 10.7. The fraction of sp³-hybridized carbons (Fsp3) is 0.500. The van der Waals surface area contributed by atoms with Gasteiger partial charge in [-0.15, -0.1) is 0 Å². The minimum Gasteiger partial charge on any atom is -0.497 e. The second kappa shape index (κ2) is 6.61. The first-order chi connectivity index (χ1) is 7.67. The molecule has 0 amide bonds. The fourth-order valence-corrected chi connectivity index (χ4v) is 1.55. The molecule has 16 heavy (non-hydrogen) atoms. The van der Waals surface area contributed by atoms with Gasteiger partial charge in [-0.05, 0) is 25.5 Å². The van der Waals surface area contributed by atoms with E-state index in [1.54, 1.807) is 14.2 Å². The van der Waals surface area contributed by atoms with Gasteiger partial charge >= 0.3 is 0 Å². The van der Waals surface area contributed by atoms with Crippen LogP contribution in [0.1, 0.15) is 13.3 Å². The molecule has 0 bridgehead atoms. The standard InChI is InChI=1S/C12H18ClNO2/c1-9(6-7-15-2)14-12-8-10(16-3)4-5-11(12)13/h4-5,8-9,14H,6-7H2,1-3H3. The number of benzene rings is 1. The van der Waals surface area contributed by atoms with Crippen molar-refractivity contribution in [3.05, 3.63) is 23.2 Å². The van der Waals surface area contributed by atoms with Crippen LogP contribution in [0.4, 0.5) is 5.69 Å². The Bertz CT molecular complexity index is 331. The Morgan fingerprint density at radius 2 is 2.12 bits per heavy atom. The molecule has 0 aromatic heterocycles. The highest BCUT2D eigenvalue weighted by Gasteiger charge is 2.06. The summed E-state index contributed by atoms with van der Waals surface area (Å²) >= 11 is 6.08. The number of anilines is 1. The summed E-state index contributed by atoms with van der Waals surface area (Å²) in [5.41, 5.74) is 0.893. The molecule has 1 aromatic rings. The van der Waals surface area contributed by atoms with Gasteiger partial charge in [-0.3, -0.25) is 0 Å². The van der Waals surface area contributed by atoms with Gasteiger partial charge in [0.15, 0.2) is 0 Å². The molecule has 0 heterocycles. The maximum absolute atomic E-state index is 6.08. The lowest BCUT2D eigenvalue weighted by Gasteiger charge is -2.16. The van der Waals surface area contributed by atoms with E-state index in [2.05, 4.69) is 12.2 Å². The Hall–Kier alpha value is -0.930. The summed E-state index contributed by atoms with van der Waals surface area (Å²) in [5, 5.41) is 4.03. The van der Waals surface area contributed by atoms with Gasteiger partial charge in [0.2, 0.25) is 0 Å². The Morgan fingerprint density at radius 3 is 2.75 bits per heavy atom. The molecular weight excluding hydrogens is 226 g/mol. The van der Waals surface area contributed by atoms with Crippen molar-refractivity contribution in [2.75, 3.05) is 26.1 Å². The van der Waals surface area contributed by atoms with Crippen LogP contribution in [0.3, 0.4) is 0 Å². The molecule has 3 nitrogen and oxygen atoms in total. The van der Waals surface area contributed by atoms with Gasteiger partial charge in [0.1, 0.15) is 5.75 Å². The third-order valence-electron chi connectivity index (χ3n) is 2.33. The molecule has 1 aromatic carbocycles. The number of hydrogen-bond acceptors (Lipinski definition) is 3. The third-order valence-corrected chi connectivity index (χ3v) is 2.66. The van der Waals surface area contributed by atoms with Gasteiger partial charge in [0, 0.05) is 25.8 Å². The van der Waals surface area contributed by atoms with Crippen LogP contribution >= 0.6 is 11.6 Å². The Kier molecular flexibility index (Phi) is 5.43. The zero-order valence-electron chi connectivity index (χ0n) is 9.92. The summed E-state index contributed by atoms with van der Waals surface area (Å²) in [4.78, 5) is 0. The van der Waals surface area contributed by atoms with Crippen molar-refractivity contribution in [3.63, 3.8) is 0 Å². The Labute approximate surface area is 102 Å². The molecule has 0 aliphatic rings. The molecule has 4 heteroatoms. The normalized spacial score (nSPS) is 12.2. The second-order valence-electron chi connectivity index (χ2n) is 3.67. The number of hydrogen-bond donors (Lipinski definition) is 1. The van der Waals surface area contributed by atoms with Gasteiger partial charge in [-0.2, -0.15) is 0 Å². The highest BCUT2D eigenvalue weighted by Crippen LogP contribution is 2.27. The largest absolute Gasteiger partial charge is 0.497 e. The minimum absolute atomic E-state index is 0.310. The predicted octanol–water partition coefficient (Wildman–Crippen LogP) is 3.19. The molecule has 90 valence electrons. The number of methoxy groups -OCH3 is 2. The summed E-state index contributed by atoms with van der Waals surface area (Å²) in [6.07, 6.45) is 0.935. The summed E-state index contributed by atoms with van der Waals surface area (Å²) < 4.78 is 10.2. The van der Waals surface area contributed by atoms with Crippen molar-refractivity contribution in [2.24, 2.45) is 0 Å². The topological polar surface area (TPSA) is 30.5 Å². The molecule has 0 fully saturated rings. The van der Waals surface area contributed by atoms with Gasteiger partial charge in [0.05, 0.1) is 17.8 Å². The molecule has 0 saturated heterocycles. The van der Waals surface area contributed by atoms with E-state index in [1.807, 2.05) is 18.2 Å². The SMILES string of the molecule is COCCC(C)Nc1cc(OC)ccc1Cl. The Morgan fingerprint density at radius 1 is 1.38 bits per heavy atom. The van der Waals surface area contributed by atoms with E-state index < -0.39 is 0 Å². The van der Waals surface area contributed by atoms with E-state index in [0.717, 1.165) is 24.5 Å². The molecule has 0 saturated carbocycles. The van der Waals surface area contributed by atoms with Gasteiger partial charge in [-0.25, -0.2) is 0 Å². The van der Waals surface area contributed by atoms with Gasteiger partial charge in [0.25, 0.3) is 0 Å². The van der Waals surface area contributed by atoms with Crippen LogP contribution in [-0.4, -0.2) is 26.9 Å². The first kappa shape index (κ1) is 13.1. The van der Waals surface area contributed by atoms with E-state index in [0.29, 0.717) is 11.1 Å². The summed E-state index contributed by atoms with van der Waals surface area (Å²) in [6.45, 7) is 2.82. The van der Waals surface area contributed by atoms with Crippen LogP contribution in [0.15, 0.2) is 18.2 Å². The van der Waals surface area contributed by atoms with Crippen molar-refractivity contribution in [1.29, 1.82) is 0 Å². The average Bonchev–Trinajstić information content (AvgIpc) is 2.29. The predicted molar refractivity (Wildman–Crippen MR) is 67.6 cm³/mol. The molecule has 1 atom stereocenters. The van der Waals surface area contributed by atoms with E-state index in [9.17, 15) is 0 Å². The lowest BCUT2D eigenvalue weighted by atomic mass is 10.2. The van der Waals surface area contributed by atoms with E-state index in [4.69, 9.17) is 21.1 Å². The lowest BCUT2D eigenvalue weighted by Crippen LogP contribution is -2.17. The Balaban J connectivity index is 2.64. The minimum atomic E-state index is 0.310. The van der Waals surface area contributed by atoms with Crippen molar-refractivity contribution in [3.8, 4) is 5.75 Å². The van der Waals surface area contributed by atoms with Crippen LogP contribution in [0.5, 0.6) is 5.75 Å². The number of ether oxygens (including phenoxy) is 2. The van der Waals surface area contributed by atoms with Gasteiger partial charge in [-0.1, -0.05) is 11.6 Å². The lowest BCUT2D eigenvalue weighted by molar-refractivity contribution is 0.191. The van der Waals surface area contributed by atoms with Crippen LogP contribution in [0.25, 0.3) is 0 Å². The molecule has 0 aliphatic carbocycles. The fourth-order valence-electron chi connectivity index (χ4n) is 1.37. The molecule has 0 spiro atoms.